The van der Waals surface area contributed by atoms with Gasteiger partial charge in [0.25, 0.3) is 5.91 Å². The SMILES string of the molecule is CCC1CCC(CNCC2C(C)C2(Cl)Cl)N1C(=O)CNc1ccccc1C(=N)C(N)=O. The zero-order chi connectivity index (χ0) is 22.8. The molecule has 1 aliphatic carbocycles. The Morgan fingerprint density at radius 3 is 2.48 bits per heavy atom. The number of para-hydroxylation sites is 1. The molecule has 0 spiro atoms. The molecule has 7 nitrogen and oxygen atoms in total. The van der Waals surface area contributed by atoms with E-state index in [0.29, 0.717) is 17.8 Å². The summed E-state index contributed by atoms with van der Waals surface area (Å²) >= 11 is 12.5. The molecular weight excluding hydrogens is 437 g/mol. The molecule has 2 aliphatic rings. The van der Waals surface area contributed by atoms with E-state index in [0.717, 1.165) is 25.8 Å². The van der Waals surface area contributed by atoms with Crippen LogP contribution in [-0.4, -0.2) is 58.5 Å². The Balaban J connectivity index is 1.59. The Bertz CT molecular complexity index is 847. The molecule has 1 aliphatic heterocycles. The number of nitrogens with one attached hydrogen (secondary N) is 3. The molecule has 1 aromatic rings. The van der Waals surface area contributed by atoms with Crippen LogP contribution in [0.5, 0.6) is 0 Å². The van der Waals surface area contributed by atoms with E-state index in [2.05, 4.69) is 17.6 Å². The summed E-state index contributed by atoms with van der Waals surface area (Å²) in [7, 11) is 0. The van der Waals surface area contributed by atoms with E-state index in [1.807, 2.05) is 11.8 Å². The smallest absolute Gasteiger partial charge is 0.267 e. The van der Waals surface area contributed by atoms with Gasteiger partial charge in [-0.1, -0.05) is 32.0 Å². The van der Waals surface area contributed by atoms with Crippen LogP contribution in [0.3, 0.4) is 0 Å². The fraction of sp³-hybridized carbons (Fsp3) is 0.591. The standard InChI is InChI=1S/C22H31Cl2N5O2/c1-3-14-8-9-15(10-27-11-17-13(2)22(17,23)24)29(14)19(30)12-28-18-7-5-4-6-16(18)20(25)21(26)31/h4-7,13-15,17,25,27-28H,3,8-12H2,1-2H3,(H2,26,31). The highest BCUT2D eigenvalue weighted by Crippen LogP contribution is 2.58. The maximum atomic E-state index is 13.1. The molecule has 1 saturated heterocycles. The van der Waals surface area contributed by atoms with Crippen LogP contribution in [0.2, 0.25) is 0 Å². The van der Waals surface area contributed by atoms with Crippen molar-refractivity contribution in [2.45, 2.75) is 49.5 Å². The first kappa shape index (κ1) is 23.8. The summed E-state index contributed by atoms with van der Waals surface area (Å²) in [4.78, 5) is 26.5. The minimum absolute atomic E-state index is 0.000354. The second kappa shape index (κ2) is 9.76. The molecule has 0 bridgehead atoms. The Morgan fingerprint density at radius 2 is 1.87 bits per heavy atom. The van der Waals surface area contributed by atoms with Gasteiger partial charge in [-0.3, -0.25) is 15.0 Å². The number of primary amides is 1. The number of anilines is 1. The third kappa shape index (κ3) is 5.16. The third-order valence-electron chi connectivity index (χ3n) is 6.59. The van der Waals surface area contributed by atoms with Gasteiger partial charge < -0.3 is 21.3 Å². The van der Waals surface area contributed by atoms with Crippen molar-refractivity contribution in [1.82, 2.24) is 10.2 Å². The average molecular weight is 468 g/mol. The van der Waals surface area contributed by atoms with Crippen LogP contribution in [0, 0.1) is 17.2 Å². The summed E-state index contributed by atoms with van der Waals surface area (Å²) in [5.41, 5.74) is 5.91. The van der Waals surface area contributed by atoms with Crippen LogP contribution in [0.15, 0.2) is 24.3 Å². The number of amides is 2. The molecule has 9 heteroatoms. The van der Waals surface area contributed by atoms with Gasteiger partial charge in [-0.2, -0.15) is 0 Å². The molecule has 170 valence electrons. The first-order valence-corrected chi connectivity index (χ1v) is 11.5. The number of rotatable bonds is 10. The molecule has 2 amide bonds. The van der Waals surface area contributed by atoms with Crippen molar-refractivity contribution in [3.05, 3.63) is 29.8 Å². The maximum absolute atomic E-state index is 13.1. The highest BCUT2D eigenvalue weighted by molar-refractivity contribution is 6.51. The number of nitrogens with zero attached hydrogens (tertiary/aromatic N) is 1. The maximum Gasteiger partial charge on any atom is 0.267 e. The van der Waals surface area contributed by atoms with Gasteiger partial charge in [-0.25, -0.2) is 0 Å². The quantitative estimate of drug-likeness (QED) is 0.313. The van der Waals surface area contributed by atoms with Crippen LogP contribution >= 0.6 is 23.2 Å². The number of hydrogen-bond acceptors (Lipinski definition) is 5. The minimum Gasteiger partial charge on any atom is -0.376 e. The first-order valence-electron chi connectivity index (χ1n) is 10.8. The Kier molecular flexibility index (Phi) is 7.50. The fourth-order valence-electron chi connectivity index (χ4n) is 4.50. The van der Waals surface area contributed by atoms with Crippen molar-refractivity contribution in [2.24, 2.45) is 17.6 Å². The number of hydrogen-bond donors (Lipinski definition) is 4. The van der Waals surface area contributed by atoms with E-state index in [4.69, 9.17) is 34.3 Å². The van der Waals surface area contributed by atoms with Crippen LogP contribution in [0.1, 0.15) is 38.7 Å². The molecule has 1 aromatic carbocycles. The molecule has 0 aromatic heterocycles. The number of alkyl halides is 2. The number of carbonyl (C=O) groups excluding carboxylic acids is 2. The number of halogens is 2. The molecule has 2 fully saturated rings. The lowest BCUT2D eigenvalue weighted by molar-refractivity contribution is -0.132. The van der Waals surface area contributed by atoms with Crippen LogP contribution in [0.4, 0.5) is 5.69 Å². The molecule has 4 unspecified atom stereocenters. The van der Waals surface area contributed by atoms with Crippen molar-refractivity contribution >= 4 is 46.4 Å². The van der Waals surface area contributed by atoms with Crippen molar-refractivity contribution in [2.75, 3.05) is 25.0 Å². The number of benzene rings is 1. The van der Waals surface area contributed by atoms with Crippen LogP contribution in [-0.2, 0) is 9.59 Å². The van der Waals surface area contributed by atoms with E-state index >= 15 is 0 Å². The summed E-state index contributed by atoms with van der Waals surface area (Å²) < 4.78 is -0.639. The van der Waals surface area contributed by atoms with Crippen molar-refractivity contribution < 1.29 is 9.59 Å². The second-order valence-electron chi connectivity index (χ2n) is 8.46. The Hall–Kier alpha value is -1.83. The Labute approximate surface area is 193 Å². The normalized spacial score (nSPS) is 26.5. The monoisotopic (exact) mass is 467 g/mol. The summed E-state index contributed by atoms with van der Waals surface area (Å²) in [6.07, 6.45) is 2.83. The summed E-state index contributed by atoms with van der Waals surface area (Å²) in [5, 5.41) is 14.4. The largest absolute Gasteiger partial charge is 0.376 e. The minimum atomic E-state index is -0.805. The number of carbonyl (C=O) groups is 2. The predicted octanol–water partition coefficient (Wildman–Crippen LogP) is 2.75. The van der Waals surface area contributed by atoms with Gasteiger partial charge in [0, 0.05) is 42.3 Å². The van der Waals surface area contributed by atoms with E-state index in [1.165, 1.54) is 0 Å². The highest BCUT2D eigenvalue weighted by Gasteiger charge is 2.59. The van der Waals surface area contributed by atoms with Gasteiger partial charge in [-0.15, -0.1) is 23.2 Å². The topological polar surface area (TPSA) is 111 Å². The lowest BCUT2D eigenvalue weighted by Gasteiger charge is -2.30. The number of likely N-dealkylation sites (tertiary alicyclic amines) is 1. The zero-order valence-electron chi connectivity index (χ0n) is 18.0. The number of nitrogens with two attached hydrogens (primary N) is 1. The summed E-state index contributed by atoms with van der Waals surface area (Å²) in [6, 6.07) is 7.22. The first-order chi connectivity index (χ1) is 14.7. The average Bonchev–Trinajstić information content (AvgIpc) is 3.06. The Morgan fingerprint density at radius 1 is 1.23 bits per heavy atom. The molecule has 3 rings (SSSR count). The molecule has 31 heavy (non-hydrogen) atoms. The molecule has 5 N–H and O–H groups in total. The van der Waals surface area contributed by atoms with Gasteiger partial charge in [0.15, 0.2) is 0 Å². The van der Waals surface area contributed by atoms with Crippen molar-refractivity contribution in [1.29, 1.82) is 5.41 Å². The van der Waals surface area contributed by atoms with E-state index in [1.54, 1.807) is 24.3 Å². The molecule has 1 heterocycles. The lowest BCUT2D eigenvalue weighted by atomic mass is 10.1. The molecule has 4 atom stereocenters. The van der Waals surface area contributed by atoms with Crippen LogP contribution in [0.25, 0.3) is 0 Å². The second-order valence-corrected chi connectivity index (χ2v) is 9.90. The molecule has 0 radical (unpaired) electrons. The summed E-state index contributed by atoms with van der Waals surface area (Å²) in [6.45, 7) is 5.68. The van der Waals surface area contributed by atoms with Gasteiger partial charge in [0.2, 0.25) is 5.91 Å². The van der Waals surface area contributed by atoms with E-state index in [9.17, 15) is 9.59 Å². The van der Waals surface area contributed by atoms with Crippen molar-refractivity contribution in [3.63, 3.8) is 0 Å². The fourth-order valence-corrected chi connectivity index (χ4v) is 5.21. The van der Waals surface area contributed by atoms with Gasteiger partial charge in [-0.05, 0) is 31.2 Å². The molecular formula is C22H31Cl2N5O2. The summed E-state index contributed by atoms with van der Waals surface area (Å²) in [5.74, 6) is -0.292. The molecule has 1 saturated carbocycles. The van der Waals surface area contributed by atoms with Gasteiger partial charge in [0.05, 0.1) is 6.54 Å². The van der Waals surface area contributed by atoms with Gasteiger partial charge >= 0.3 is 0 Å². The predicted molar refractivity (Wildman–Crippen MR) is 125 cm³/mol. The van der Waals surface area contributed by atoms with E-state index in [-0.39, 0.29) is 42.1 Å². The van der Waals surface area contributed by atoms with Crippen LogP contribution < -0.4 is 16.4 Å². The van der Waals surface area contributed by atoms with Crippen molar-refractivity contribution in [3.8, 4) is 0 Å². The highest BCUT2D eigenvalue weighted by atomic mass is 35.5. The van der Waals surface area contributed by atoms with E-state index < -0.39 is 10.2 Å². The zero-order valence-corrected chi connectivity index (χ0v) is 19.5. The van der Waals surface area contributed by atoms with Gasteiger partial charge in [0.1, 0.15) is 10.0 Å². The third-order valence-corrected chi connectivity index (χ3v) is 7.84. The lowest BCUT2D eigenvalue weighted by Crippen LogP contribution is -2.47.